The molecule has 2 aromatic carbocycles. The topological polar surface area (TPSA) is 120 Å². The Kier molecular flexibility index (Phi) is 5.90. The first-order chi connectivity index (χ1) is 15.3. The number of anilines is 1. The molecule has 10 heteroatoms. The van der Waals surface area contributed by atoms with E-state index in [0.717, 1.165) is 5.56 Å². The molecule has 0 saturated heterocycles. The molecule has 0 saturated carbocycles. The standard InChI is InChI=1S/C22H23N3O6S/c1-4-17-21(22(31-25-17)24-14(3)26)16-7-5-13(2)20(10-16)32(27,28)23-11-15-6-8-18-19(9-15)30-12-29-18/h5-10,23H,4,11-12H2,1-3H3,(H,24,26). The van der Waals surface area contributed by atoms with Gasteiger partial charge in [0.05, 0.1) is 16.2 Å². The number of ether oxygens (including phenoxy) is 2. The quantitative estimate of drug-likeness (QED) is 0.558. The summed E-state index contributed by atoms with van der Waals surface area (Å²) in [4.78, 5) is 11.7. The molecule has 0 atom stereocenters. The van der Waals surface area contributed by atoms with E-state index >= 15 is 0 Å². The molecule has 1 aliphatic heterocycles. The maximum absolute atomic E-state index is 13.1. The number of rotatable bonds is 7. The van der Waals surface area contributed by atoms with E-state index in [9.17, 15) is 13.2 Å². The second-order valence-electron chi connectivity index (χ2n) is 7.36. The van der Waals surface area contributed by atoms with Crippen molar-refractivity contribution in [2.45, 2.75) is 38.6 Å². The van der Waals surface area contributed by atoms with Crippen molar-refractivity contribution in [2.75, 3.05) is 12.1 Å². The summed E-state index contributed by atoms with van der Waals surface area (Å²) in [7, 11) is -3.83. The van der Waals surface area contributed by atoms with Crippen LogP contribution in [-0.4, -0.2) is 26.3 Å². The summed E-state index contributed by atoms with van der Waals surface area (Å²) >= 11 is 0. The van der Waals surface area contributed by atoms with Gasteiger partial charge in [-0.3, -0.25) is 10.1 Å². The maximum atomic E-state index is 13.1. The lowest BCUT2D eigenvalue weighted by Crippen LogP contribution is -2.24. The first kappa shape index (κ1) is 21.8. The van der Waals surface area contributed by atoms with Gasteiger partial charge in [0.15, 0.2) is 11.5 Å². The van der Waals surface area contributed by atoms with E-state index in [1.54, 1.807) is 43.3 Å². The average molecular weight is 458 g/mol. The molecule has 2 N–H and O–H groups in total. The lowest BCUT2D eigenvalue weighted by molar-refractivity contribution is -0.114. The number of sulfonamides is 1. The number of fused-ring (bicyclic) bond motifs is 1. The number of aromatic nitrogens is 1. The number of nitrogens with one attached hydrogen (secondary N) is 2. The van der Waals surface area contributed by atoms with Gasteiger partial charge in [0.1, 0.15) is 0 Å². The number of amides is 1. The number of carbonyl (C=O) groups excluding carboxylic acids is 1. The van der Waals surface area contributed by atoms with Gasteiger partial charge >= 0.3 is 0 Å². The molecule has 9 nitrogen and oxygen atoms in total. The first-order valence-electron chi connectivity index (χ1n) is 10.0. The predicted molar refractivity (Wildman–Crippen MR) is 117 cm³/mol. The third-order valence-electron chi connectivity index (χ3n) is 5.06. The van der Waals surface area contributed by atoms with Gasteiger partial charge in [0.2, 0.25) is 28.6 Å². The molecular formula is C22H23N3O6S. The van der Waals surface area contributed by atoms with Crippen molar-refractivity contribution in [3.8, 4) is 22.6 Å². The number of aryl methyl sites for hydroxylation is 2. The third kappa shape index (κ3) is 4.32. The minimum atomic E-state index is -3.83. The molecule has 168 valence electrons. The van der Waals surface area contributed by atoms with Gasteiger partial charge in [-0.15, -0.1) is 0 Å². The Balaban J connectivity index is 1.64. The molecule has 0 fully saturated rings. The molecular weight excluding hydrogens is 434 g/mol. The second-order valence-corrected chi connectivity index (χ2v) is 9.10. The molecule has 0 unspecified atom stereocenters. The lowest BCUT2D eigenvalue weighted by Gasteiger charge is -2.12. The highest BCUT2D eigenvalue weighted by Crippen LogP contribution is 2.35. The van der Waals surface area contributed by atoms with E-state index in [1.807, 2.05) is 6.92 Å². The van der Waals surface area contributed by atoms with E-state index in [1.165, 1.54) is 6.92 Å². The van der Waals surface area contributed by atoms with Crippen molar-refractivity contribution in [3.05, 3.63) is 53.2 Å². The second kappa shape index (κ2) is 8.64. The Morgan fingerprint density at radius 3 is 2.66 bits per heavy atom. The fourth-order valence-corrected chi connectivity index (χ4v) is 4.75. The Morgan fingerprint density at radius 1 is 1.12 bits per heavy atom. The summed E-state index contributed by atoms with van der Waals surface area (Å²) in [5, 5.41) is 6.62. The molecule has 0 spiro atoms. The fraction of sp³-hybridized carbons (Fsp3) is 0.273. The largest absolute Gasteiger partial charge is 0.454 e. The van der Waals surface area contributed by atoms with Crippen LogP contribution in [0, 0.1) is 6.92 Å². The Morgan fingerprint density at radius 2 is 1.91 bits per heavy atom. The zero-order valence-electron chi connectivity index (χ0n) is 17.9. The summed E-state index contributed by atoms with van der Waals surface area (Å²) in [6, 6.07) is 10.3. The molecule has 0 bridgehead atoms. The summed E-state index contributed by atoms with van der Waals surface area (Å²) in [6.45, 7) is 5.23. The minimum Gasteiger partial charge on any atom is -0.454 e. The zero-order chi connectivity index (χ0) is 22.9. The van der Waals surface area contributed by atoms with Crippen molar-refractivity contribution >= 4 is 21.8 Å². The maximum Gasteiger partial charge on any atom is 0.241 e. The highest BCUT2D eigenvalue weighted by atomic mass is 32.2. The Hall–Kier alpha value is -3.37. The summed E-state index contributed by atoms with van der Waals surface area (Å²) in [5.41, 5.74) is 3.10. The highest BCUT2D eigenvalue weighted by molar-refractivity contribution is 7.89. The van der Waals surface area contributed by atoms with Crippen LogP contribution in [0.5, 0.6) is 11.5 Å². The molecule has 0 aliphatic carbocycles. The van der Waals surface area contributed by atoms with Gasteiger partial charge < -0.3 is 14.0 Å². The molecule has 3 aromatic rings. The van der Waals surface area contributed by atoms with Gasteiger partial charge in [-0.2, -0.15) is 0 Å². The summed E-state index contributed by atoms with van der Waals surface area (Å²) < 4.78 is 44.8. The lowest BCUT2D eigenvalue weighted by atomic mass is 10.0. The first-order valence-corrected chi connectivity index (χ1v) is 11.5. The van der Waals surface area contributed by atoms with Crippen molar-refractivity contribution in [2.24, 2.45) is 0 Å². The smallest absolute Gasteiger partial charge is 0.241 e. The molecule has 32 heavy (non-hydrogen) atoms. The van der Waals surface area contributed by atoms with Crippen molar-refractivity contribution in [3.63, 3.8) is 0 Å². The van der Waals surface area contributed by atoms with E-state index < -0.39 is 10.0 Å². The summed E-state index contributed by atoms with van der Waals surface area (Å²) in [5.74, 6) is 1.10. The van der Waals surface area contributed by atoms with Crippen LogP contribution in [0.15, 0.2) is 45.8 Å². The van der Waals surface area contributed by atoms with E-state index in [0.29, 0.717) is 40.3 Å². The monoisotopic (exact) mass is 457 g/mol. The van der Waals surface area contributed by atoms with Crippen molar-refractivity contribution in [1.82, 2.24) is 9.88 Å². The van der Waals surface area contributed by atoms with Crippen LogP contribution >= 0.6 is 0 Å². The van der Waals surface area contributed by atoms with Gasteiger partial charge in [-0.1, -0.05) is 30.3 Å². The number of nitrogens with zero attached hydrogens (tertiary/aromatic N) is 1. The molecule has 2 heterocycles. The van der Waals surface area contributed by atoms with Crippen LogP contribution < -0.4 is 19.5 Å². The van der Waals surface area contributed by atoms with E-state index in [-0.39, 0.29) is 30.0 Å². The molecule has 1 amide bonds. The molecule has 0 radical (unpaired) electrons. The van der Waals surface area contributed by atoms with E-state index in [2.05, 4.69) is 15.2 Å². The molecule has 1 aliphatic rings. The number of benzene rings is 2. The predicted octanol–water partition coefficient (Wildman–Crippen LogP) is 3.38. The Labute approximate surface area is 185 Å². The van der Waals surface area contributed by atoms with Crippen molar-refractivity contribution < 1.29 is 27.2 Å². The van der Waals surface area contributed by atoms with Gasteiger partial charge in [-0.05, 0) is 48.2 Å². The average Bonchev–Trinajstić information content (AvgIpc) is 3.38. The van der Waals surface area contributed by atoms with Crippen LogP contribution in [0.3, 0.4) is 0 Å². The number of hydrogen-bond donors (Lipinski definition) is 2. The number of carbonyl (C=O) groups is 1. The SMILES string of the molecule is CCc1noc(NC(C)=O)c1-c1ccc(C)c(S(=O)(=O)NCc2ccc3c(c2)OCO3)c1. The van der Waals surface area contributed by atoms with Crippen molar-refractivity contribution in [1.29, 1.82) is 0 Å². The van der Waals surface area contributed by atoms with E-state index in [4.69, 9.17) is 14.0 Å². The van der Waals surface area contributed by atoms with Crippen LogP contribution in [0.25, 0.3) is 11.1 Å². The fourth-order valence-electron chi connectivity index (χ4n) is 3.46. The van der Waals surface area contributed by atoms with Gasteiger partial charge in [0.25, 0.3) is 0 Å². The highest BCUT2D eigenvalue weighted by Gasteiger charge is 2.23. The molecule has 4 rings (SSSR count). The van der Waals surface area contributed by atoms with Crippen LogP contribution in [0.2, 0.25) is 0 Å². The third-order valence-corrected chi connectivity index (χ3v) is 6.60. The summed E-state index contributed by atoms with van der Waals surface area (Å²) in [6.07, 6.45) is 0.552. The van der Waals surface area contributed by atoms with Gasteiger partial charge in [-0.25, -0.2) is 13.1 Å². The van der Waals surface area contributed by atoms with Crippen LogP contribution in [0.4, 0.5) is 5.88 Å². The molecule has 1 aromatic heterocycles. The Bertz CT molecular complexity index is 1280. The van der Waals surface area contributed by atoms with Gasteiger partial charge in [0, 0.05) is 13.5 Å². The zero-order valence-corrected chi connectivity index (χ0v) is 18.7. The van der Waals surface area contributed by atoms with Crippen LogP contribution in [0.1, 0.15) is 30.7 Å². The number of hydrogen-bond acceptors (Lipinski definition) is 7. The minimum absolute atomic E-state index is 0.0905. The van der Waals surface area contributed by atoms with Crippen LogP contribution in [-0.2, 0) is 27.8 Å². The normalized spacial score (nSPS) is 12.7.